The lowest BCUT2D eigenvalue weighted by atomic mass is 10.1. The molecule has 1 amide bonds. The SMILES string of the molecule is CCc1cccc(C)c1NC(=O)COC(=O)c1cccnc1. The number of ether oxygens (including phenoxy) is 1. The number of carbonyl (C=O) groups is 2. The number of nitrogens with one attached hydrogen (secondary N) is 1. The summed E-state index contributed by atoms with van der Waals surface area (Å²) in [5.74, 6) is -0.926. The Hall–Kier alpha value is -2.69. The van der Waals surface area contributed by atoms with Crippen LogP contribution >= 0.6 is 0 Å². The first-order valence-electron chi connectivity index (χ1n) is 7.07. The molecule has 1 aromatic heterocycles. The third-order valence-electron chi connectivity index (χ3n) is 3.24. The zero-order valence-corrected chi connectivity index (χ0v) is 12.6. The third kappa shape index (κ3) is 3.91. The van der Waals surface area contributed by atoms with Crippen molar-refractivity contribution in [1.29, 1.82) is 0 Å². The molecular weight excluding hydrogens is 280 g/mol. The minimum absolute atomic E-state index is 0.320. The number of rotatable bonds is 5. The molecule has 22 heavy (non-hydrogen) atoms. The smallest absolute Gasteiger partial charge is 0.340 e. The fraction of sp³-hybridized carbons (Fsp3) is 0.235. The molecule has 0 bridgehead atoms. The fourth-order valence-corrected chi connectivity index (χ4v) is 2.08. The van der Waals surface area contributed by atoms with Gasteiger partial charge in [0.2, 0.25) is 0 Å². The second-order valence-electron chi connectivity index (χ2n) is 4.83. The maximum Gasteiger partial charge on any atom is 0.340 e. The van der Waals surface area contributed by atoms with Crippen LogP contribution in [0.4, 0.5) is 5.69 Å². The summed E-state index contributed by atoms with van der Waals surface area (Å²) in [6.45, 7) is 3.62. The van der Waals surface area contributed by atoms with Crippen molar-refractivity contribution < 1.29 is 14.3 Å². The van der Waals surface area contributed by atoms with E-state index in [1.165, 1.54) is 6.20 Å². The first kappa shape index (κ1) is 15.7. The number of aromatic nitrogens is 1. The number of anilines is 1. The summed E-state index contributed by atoms with van der Waals surface area (Å²) >= 11 is 0. The van der Waals surface area contributed by atoms with Crippen LogP contribution in [0.1, 0.15) is 28.4 Å². The van der Waals surface area contributed by atoms with Crippen LogP contribution in [-0.4, -0.2) is 23.5 Å². The summed E-state index contributed by atoms with van der Waals surface area (Å²) in [5, 5.41) is 2.80. The van der Waals surface area contributed by atoms with Crippen LogP contribution in [0.2, 0.25) is 0 Å². The van der Waals surface area contributed by atoms with Crippen LogP contribution in [0.3, 0.4) is 0 Å². The van der Waals surface area contributed by atoms with Gasteiger partial charge >= 0.3 is 5.97 Å². The van der Waals surface area contributed by atoms with Crippen molar-refractivity contribution in [3.05, 3.63) is 59.4 Å². The van der Waals surface area contributed by atoms with Crippen molar-refractivity contribution >= 4 is 17.6 Å². The van der Waals surface area contributed by atoms with E-state index in [0.29, 0.717) is 5.56 Å². The number of para-hydroxylation sites is 1. The van der Waals surface area contributed by atoms with E-state index in [1.807, 2.05) is 32.0 Å². The number of benzene rings is 1. The molecule has 0 saturated heterocycles. The number of carbonyl (C=O) groups excluding carboxylic acids is 2. The molecule has 5 nitrogen and oxygen atoms in total. The van der Waals surface area contributed by atoms with Gasteiger partial charge in [0, 0.05) is 18.1 Å². The highest BCUT2D eigenvalue weighted by atomic mass is 16.5. The predicted octanol–water partition coefficient (Wildman–Crippen LogP) is 2.75. The zero-order valence-electron chi connectivity index (χ0n) is 12.6. The van der Waals surface area contributed by atoms with Gasteiger partial charge in [-0.05, 0) is 36.6 Å². The van der Waals surface area contributed by atoms with Gasteiger partial charge in [0.25, 0.3) is 5.91 Å². The van der Waals surface area contributed by atoms with Crippen molar-refractivity contribution in [3.8, 4) is 0 Å². The van der Waals surface area contributed by atoms with Gasteiger partial charge in [-0.3, -0.25) is 9.78 Å². The largest absolute Gasteiger partial charge is 0.452 e. The van der Waals surface area contributed by atoms with Gasteiger partial charge in [0.1, 0.15) is 0 Å². The van der Waals surface area contributed by atoms with E-state index < -0.39 is 5.97 Å². The van der Waals surface area contributed by atoms with E-state index >= 15 is 0 Å². The molecule has 2 aromatic rings. The number of hydrogen-bond donors (Lipinski definition) is 1. The first-order valence-corrected chi connectivity index (χ1v) is 7.07. The lowest BCUT2D eigenvalue weighted by molar-refractivity contribution is -0.119. The molecule has 114 valence electrons. The Balaban J connectivity index is 1.95. The number of esters is 1. The van der Waals surface area contributed by atoms with E-state index in [4.69, 9.17) is 4.74 Å². The van der Waals surface area contributed by atoms with E-state index in [2.05, 4.69) is 10.3 Å². The highest BCUT2D eigenvalue weighted by Crippen LogP contribution is 2.20. The minimum Gasteiger partial charge on any atom is -0.452 e. The predicted molar refractivity (Wildman–Crippen MR) is 83.7 cm³/mol. The Labute approximate surface area is 129 Å². The van der Waals surface area contributed by atoms with Gasteiger partial charge in [0.15, 0.2) is 6.61 Å². The second kappa shape index (κ2) is 7.36. The highest BCUT2D eigenvalue weighted by Gasteiger charge is 2.12. The Morgan fingerprint density at radius 1 is 1.23 bits per heavy atom. The molecule has 0 aliphatic carbocycles. The molecule has 0 radical (unpaired) electrons. The molecule has 1 heterocycles. The van der Waals surface area contributed by atoms with Crippen molar-refractivity contribution in [2.45, 2.75) is 20.3 Å². The first-order chi connectivity index (χ1) is 10.6. The molecule has 0 atom stereocenters. The lowest BCUT2D eigenvalue weighted by Crippen LogP contribution is -2.22. The van der Waals surface area contributed by atoms with Gasteiger partial charge in [-0.1, -0.05) is 25.1 Å². The highest BCUT2D eigenvalue weighted by molar-refractivity contribution is 5.96. The van der Waals surface area contributed by atoms with E-state index in [0.717, 1.165) is 23.2 Å². The van der Waals surface area contributed by atoms with Gasteiger partial charge in [-0.25, -0.2) is 4.79 Å². The molecular formula is C17H18N2O3. The molecule has 1 aromatic carbocycles. The average molecular weight is 298 g/mol. The average Bonchev–Trinajstić information content (AvgIpc) is 2.55. The molecule has 0 fully saturated rings. The minimum atomic E-state index is -0.566. The summed E-state index contributed by atoms with van der Waals surface area (Å²) < 4.78 is 4.98. The quantitative estimate of drug-likeness (QED) is 0.862. The van der Waals surface area contributed by atoms with Crippen molar-refractivity contribution in [1.82, 2.24) is 4.98 Å². The van der Waals surface area contributed by atoms with Crippen LogP contribution in [0.25, 0.3) is 0 Å². The monoisotopic (exact) mass is 298 g/mol. The van der Waals surface area contributed by atoms with Crippen LogP contribution < -0.4 is 5.32 Å². The Bertz CT molecular complexity index is 669. The number of pyridine rings is 1. The van der Waals surface area contributed by atoms with Gasteiger partial charge in [0.05, 0.1) is 5.56 Å². The number of hydrogen-bond acceptors (Lipinski definition) is 4. The van der Waals surface area contributed by atoms with Crippen LogP contribution in [0, 0.1) is 6.92 Å². The summed E-state index contributed by atoms with van der Waals surface area (Å²) in [7, 11) is 0. The van der Waals surface area contributed by atoms with Crippen LogP contribution in [-0.2, 0) is 16.0 Å². The fourth-order valence-electron chi connectivity index (χ4n) is 2.08. The standard InChI is InChI=1S/C17H18N2O3/c1-3-13-7-4-6-12(2)16(13)19-15(20)11-22-17(21)14-8-5-9-18-10-14/h4-10H,3,11H2,1-2H3,(H,19,20). The maximum absolute atomic E-state index is 12.0. The summed E-state index contributed by atoms with van der Waals surface area (Å²) in [5.41, 5.74) is 3.13. The summed E-state index contributed by atoms with van der Waals surface area (Å²) in [6.07, 6.45) is 3.78. The number of aryl methyl sites for hydroxylation is 2. The van der Waals surface area contributed by atoms with Gasteiger partial charge in [-0.15, -0.1) is 0 Å². The van der Waals surface area contributed by atoms with Crippen LogP contribution in [0.15, 0.2) is 42.7 Å². The number of nitrogens with zero attached hydrogens (tertiary/aromatic N) is 1. The van der Waals surface area contributed by atoms with Gasteiger partial charge < -0.3 is 10.1 Å². The molecule has 5 heteroatoms. The van der Waals surface area contributed by atoms with Crippen molar-refractivity contribution in [2.75, 3.05) is 11.9 Å². The summed E-state index contributed by atoms with van der Waals surface area (Å²) in [6, 6.07) is 9.06. The maximum atomic E-state index is 12.0. The van der Waals surface area contributed by atoms with Crippen LogP contribution in [0.5, 0.6) is 0 Å². The zero-order chi connectivity index (χ0) is 15.9. The normalized spacial score (nSPS) is 10.1. The van der Waals surface area contributed by atoms with Gasteiger partial charge in [-0.2, -0.15) is 0 Å². The van der Waals surface area contributed by atoms with E-state index in [1.54, 1.807) is 18.3 Å². The molecule has 0 aliphatic heterocycles. The van der Waals surface area contributed by atoms with Crippen molar-refractivity contribution in [3.63, 3.8) is 0 Å². The molecule has 1 N–H and O–H groups in total. The van der Waals surface area contributed by atoms with E-state index in [-0.39, 0.29) is 12.5 Å². The Morgan fingerprint density at radius 2 is 2.05 bits per heavy atom. The van der Waals surface area contributed by atoms with Crippen molar-refractivity contribution in [2.24, 2.45) is 0 Å². The molecule has 0 spiro atoms. The molecule has 0 saturated carbocycles. The lowest BCUT2D eigenvalue weighted by Gasteiger charge is -2.13. The molecule has 0 unspecified atom stereocenters. The molecule has 0 aliphatic rings. The Morgan fingerprint density at radius 3 is 2.73 bits per heavy atom. The van der Waals surface area contributed by atoms with E-state index in [9.17, 15) is 9.59 Å². The topological polar surface area (TPSA) is 68.3 Å². The second-order valence-corrected chi connectivity index (χ2v) is 4.83. The summed E-state index contributed by atoms with van der Waals surface area (Å²) in [4.78, 5) is 27.5. The molecule has 2 rings (SSSR count). The third-order valence-corrected chi connectivity index (χ3v) is 3.24. The number of amides is 1. The Kier molecular flexibility index (Phi) is 5.25.